The summed E-state index contributed by atoms with van der Waals surface area (Å²) in [6.07, 6.45) is -0.320. The van der Waals surface area contributed by atoms with Gasteiger partial charge >= 0.3 is 6.09 Å². The zero-order valence-corrected chi connectivity index (χ0v) is 15.5. The lowest BCUT2D eigenvalue weighted by Crippen LogP contribution is -2.43. The van der Waals surface area contributed by atoms with Crippen LogP contribution in [0.5, 0.6) is 0 Å². The SMILES string of the molecule is CCNC(=NCc1cccs1)NCCN(C)C(=O)OC(C)(C)C. The predicted octanol–water partition coefficient (Wildman–Crippen LogP) is 2.67. The van der Waals surface area contributed by atoms with E-state index in [1.54, 1.807) is 23.3 Å². The van der Waals surface area contributed by atoms with E-state index in [4.69, 9.17) is 4.74 Å². The quantitative estimate of drug-likeness (QED) is 0.617. The van der Waals surface area contributed by atoms with Crippen molar-refractivity contribution in [1.82, 2.24) is 15.5 Å². The molecule has 0 fully saturated rings. The lowest BCUT2D eigenvalue weighted by atomic mass is 10.2. The van der Waals surface area contributed by atoms with E-state index in [0.717, 1.165) is 12.5 Å². The summed E-state index contributed by atoms with van der Waals surface area (Å²) >= 11 is 1.69. The summed E-state index contributed by atoms with van der Waals surface area (Å²) < 4.78 is 5.32. The van der Waals surface area contributed by atoms with E-state index in [1.807, 2.05) is 39.1 Å². The lowest BCUT2D eigenvalue weighted by Gasteiger charge is -2.24. The van der Waals surface area contributed by atoms with Gasteiger partial charge in [0.2, 0.25) is 0 Å². The summed E-state index contributed by atoms with van der Waals surface area (Å²) in [7, 11) is 1.73. The summed E-state index contributed by atoms with van der Waals surface area (Å²) in [6, 6.07) is 4.08. The maximum absolute atomic E-state index is 11.9. The number of aliphatic imine (C=N–C) groups is 1. The molecule has 1 aromatic heterocycles. The highest BCUT2D eigenvalue weighted by molar-refractivity contribution is 7.09. The van der Waals surface area contributed by atoms with Crippen molar-refractivity contribution in [2.75, 3.05) is 26.7 Å². The van der Waals surface area contributed by atoms with E-state index in [2.05, 4.69) is 21.7 Å². The smallest absolute Gasteiger partial charge is 0.410 e. The molecule has 0 aliphatic carbocycles. The van der Waals surface area contributed by atoms with Crippen LogP contribution in [0.1, 0.15) is 32.6 Å². The van der Waals surface area contributed by atoms with E-state index in [1.165, 1.54) is 4.88 Å². The van der Waals surface area contributed by atoms with Crippen molar-refractivity contribution in [1.29, 1.82) is 0 Å². The van der Waals surface area contributed by atoms with Crippen molar-refractivity contribution < 1.29 is 9.53 Å². The highest BCUT2D eigenvalue weighted by Gasteiger charge is 2.19. The summed E-state index contributed by atoms with van der Waals surface area (Å²) in [6.45, 7) is 10.2. The molecule has 23 heavy (non-hydrogen) atoms. The summed E-state index contributed by atoms with van der Waals surface area (Å²) in [4.78, 5) is 19.2. The minimum Gasteiger partial charge on any atom is -0.444 e. The number of ether oxygens (including phenoxy) is 1. The molecular weight excluding hydrogens is 312 g/mol. The van der Waals surface area contributed by atoms with Crippen LogP contribution in [-0.4, -0.2) is 49.2 Å². The van der Waals surface area contributed by atoms with Crippen LogP contribution in [0.25, 0.3) is 0 Å². The number of rotatable bonds is 6. The number of nitrogens with one attached hydrogen (secondary N) is 2. The number of carbonyl (C=O) groups is 1. The van der Waals surface area contributed by atoms with Crippen molar-refractivity contribution in [3.63, 3.8) is 0 Å². The van der Waals surface area contributed by atoms with E-state index in [0.29, 0.717) is 19.6 Å². The number of nitrogens with zero attached hydrogens (tertiary/aromatic N) is 2. The fourth-order valence-electron chi connectivity index (χ4n) is 1.67. The Morgan fingerprint density at radius 1 is 1.39 bits per heavy atom. The Balaban J connectivity index is 2.40. The number of carbonyl (C=O) groups excluding carboxylic acids is 1. The number of hydrogen-bond donors (Lipinski definition) is 2. The summed E-state index contributed by atoms with van der Waals surface area (Å²) in [5.41, 5.74) is -0.476. The molecule has 0 bridgehead atoms. The van der Waals surface area contributed by atoms with Crippen LogP contribution in [0.3, 0.4) is 0 Å². The van der Waals surface area contributed by atoms with Gasteiger partial charge in [-0.15, -0.1) is 11.3 Å². The third kappa shape index (κ3) is 8.44. The molecular formula is C16H28N4O2S. The zero-order valence-electron chi connectivity index (χ0n) is 14.7. The normalized spacial score (nSPS) is 12.0. The van der Waals surface area contributed by atoms with Gasteiger partial charge < -0.3 is 20.3 Å². The molecule has 130 valence electrons. The van der Waals surface area contributed by atoms with Crippen LogP contribution in [-0.2, 0) is 11.3 Å². The average molecular weight is 340 g/mol. The first kappa shape index (κ1) is 19.3. The van der Waals surface area contributed by atoms with Crippen LogP contribution < -0.4 is 10.6 Å². The van der Waals surface area contributed by atoms with Crippen molar-refractivity contribution in [3.05, 3.63) is 22.4 Å². The maximum atomic E-state index is 11.9. The Morgan fingerprint density at radius 3 is 2.70 bits per heavy atom. The van der Waals surface area contributed by atoms with Gasteiger partial charge in [0.15, 0.2) is 5.96 Å². The lowest BCUT2D eigenvalue weighted by molar-refractivity contribution is 0.0302. The van der Waals surface area contributed by atoms with Crippen molar-refractivity contribution in [2.45, 2.75) is 39.8 Å². The molecule has 6 nitrogen and oxygen atoms in total. The molecule has 0 aliphatic heterocycles. The fraction of sp³-hybridized carbons (Fsp3) is 0.625. The summed E-state index contributed by atoms with van der Waals surface area (Å²) in [5.74, 6) is 0.749. The molecule has 1 aromatic rings. The van der Waals surface area contributed by atoms with Gasteiger partial charge in [-0.25, -0.2) is 9.79 Å². The van der Waals surface area contributed by atoms with E-state index >= 15 is 0 Å². The zero-order chi connectivity index (χ0) is 17.3. The molecule has 0 aromatic carbocycles. The molecule has 2 N–H and O–H groups in total. The number of likely N-dealkylation sites (N-methyl/N-ethyl adjacent to an activating group) is 1. The maximum Gasteiger partial charge on any atom is 0.410 e. The molecule has 0 radical (unpaired) electrons. The highest BCUT2D eigenvalue weighted by Crippen LogP contribution is 2.09. The van der Waals surface area contributed by atoms with Crippen LogP contribution in [0.2, 0.25) is 0 Å². The average Bonchev–Trinajstić information content (AvgIpc) is 2.96. The van der Waals surface area contributed by atoms with Crippen LogP contribution in [0, 0.1) is 0 Å². The monoisotopic (exact) mass is 340 g/mol. The first-order chi connectivity index (χ1) is 10.8. The van der Waals surface area contributed by atoms with Gasteiger partial charge in [-0.1, -0.05) is 6.07 Å². The molecule has 0 spiro atoms. The molecule has 0 unspecified atom stereocenters. The number of guanidine groups is 1. The molecule has 0 saturated heterocycles. The van der Waals surface area contributed by atoms with Crippen LogP contribution in [0.15, 0.2) is 22.5 Å². The van der Waals surface area contributed by atoms with Gasteiger partial charge in [0.25, 0.3) is 0 Å². The molecule has 0 atom stereocenters. The molecule has 1 rings (SSSR count). The number of amides is 1. The van der Waals surface area contributed by atoms with Gasteiger partial charge in [-0.05, 0) is 39.1 Å². The molecule has 1 heterocycles. The van der Waals surface area contributed by atoms with Gasteiger partial charge in [0.05, 0.1) is 6.54 Å². The Kier molecular flexibility index (Phi) is 7.88. The highest BCUT2D eigenvalue weighted by atomic mass is 32.1. The number of thiophene rings is 1. The van der Waals surface area contributed by atoms with Crippen LogP contribution in [0.4, 0.5) is 4.79 Å². The second kappa shape index (κ2) is 9.39. The van der Waals surface area contributed by atoms with Gasteiger partial charge in [0, 0.05) is 31.6 Å². The molecule has 0 aliphatic rings. The second-order valence-corrected chi connectivity index (χ2v) is 7.14. The second-order valence-electron chi connectivity index (χ2n) is 6.10. The Bertz CT molecular complexity index is 495. The van der Waals surface area contributed by atoms with Crippen LogP contribution >= 0.6 is 11.3 Å². The standard InChI is InChI=1S/C16H28N4O2S/c1-6-17-14(19-12-13-8-7-11-23-13)18-9-10-20(5)15(21)22-16(2,3)4/h7-8,11H,6,9-10,12H2,1-5H3,(H2,17,18,19). The third-order valence-corrected chi connectivity index (χ3v) is 3.62. The van der Waals surface area contributed by atoms with E-state index in [9.17, 15) is 4.79 Å². The van der Waals surface area contributed by atoms with Gasteiger partial charge in [0.1, 0.15) is 5.60 Å². The molecule has 7 heteroatoms. The van der Waals surface area contributed by atoms with Crippen molar-refractivity contribution >= 4 is 23.4 Å². The minimum atomic E-state index is -0.476. The Morgan fingerprint density at radius 2 is 2.13 bits per heavy atom. The third-order valence-electron chi connectivity index (χ3n) is 2.76. The summed E-state index contributed by atoms with van der Waals surface area (Å²) in [5, 5.41) is 8.46. The topological polar surface area (TPSA) is 66.0 Å². The first-order valence-corrected chi connectivity index (χ1v) is 8.68. The van der Waals surface area contributed by atoms with Crippen molar-refractivity contribution in [3.8, 4) is 0 Å². The molecule has 1 amide bonds. The van der Waals surface area contributed by atoms with Gasteiger partial charge in [-0.2, -0.15) is 0 Å². The Hall–Kier alpha value is -1.76. The largest absolute Gasteiger partial charge is 0.444 e. The van der Waals surface area contributed by atoms with E-state index < -0.39 is 5.60 Å². The fourth-order valence-corrected chi connectivity index (χ4v) is 2.30. The van der Waals surface area contributed by atoms with E-state index in [-0.39, 0.29) is 6.09 Å². The minimum absolute atomic E-state index is 0.320. The molecule has 0 saturated carbocycles. The van der Waals surface area contributed by atoms with Gasteiger partial charge in [-0.3, -0.25) is 0 Å². The van der Waals surface area contributed by atoms with Crippen molar-refractivity contribution in [2.24, 2.45) is 4.99 Å². The first-order valence-electron chi connectivity index (χ1n) is 7.80. The predicted molar refractivity (Wildman–Crippen MR) is 96.0 cm³/mol. The number of hydrogen-bond acceptors (Lipinski definition) is 4. The Labute approximate surface area is 142 Å².